The molecule has 0 saturated carbocycles. The van der Waals surface area contributed by atoms with Crippen molar-refractivity contribution in [1.29, 1.82) is 0 Å². The summed E-state index contributed by atoms with van der Waals surface area (Å²) in [6.07, 6.45) is -0.119. The van der Waals surface area contributed by atoms with Crippen molar-refractivity contribution in [2.24, 2.45) is 10.9 Å². The highest BCUT2D eigenvalue weighted by Gasteiger charge is 2.52. The van der Waals surface area contributed by atoms with E-state index in [1.165, 1.54) is 17.2 Å². The second-order valence-electron chi connectivity index (χ2n) is 6.46. The van der Waals surface area contributed by atoms with E-state index in [1.807, 2.05) is 0 Å². The van der Waals surface area contributed by atoms with Crippen LogP contribution in [-0.2, 0) is 19.1 Å². The van der Waals surface area contributed by atoms with Gasteiger partial charge in [-0.2, -0.15) is 4.99 Å². The molecule has 1 fully saturated rings. The lowest BCUT2D eigenvalue weighted by atomic mass is 9.80. The van der Waals surface area contributed by atoms with Gasteiger partial charge in [-0.1, -0.05) is 0 Å². The number of amides is 1. The number of carbonyl (C=O) groups is 2. The maximum absolute atomic E-state index is 12.0. The molecule has 8 N–H and O–H groups in total. The summed E-state index contributed by atoms with van der Waals surface area (Å²) < 4.78 is 10.1. The molecule has 0 aromatic rings. The van der Waals surface area contributed by atoms with Gasteiger partial charge in [-0.15, -0.1) is 0 Å². The van der Waals surface area contributed by atoms with E-state index < -0.39 is 42.2 Å². The molecule has 0 aliphatic carbocycles. The molecule has 0 bridgehead atoms. The van der Waals surface area contributed by atoms with E-state index in [0.717, 1.165) is 0 Å². The van der Waals surface area contributed by atoms with Crippen molar-refractivity contribution >= 4 is 26.1 Å². The zero-order valence-electron chi connectivity index (χ0n) is 15.6. The van der Waals surface area contributed by atoms with E-state index in [-0.39, 0.29) is 18.7 Å². The Balaban J connectivity index is 2.71. The van der Waals surface area contributed by atoms with Crippen molar-refractivity contribution in [1.82, 2.24) is 10.4 Å². The summed E-state index contributed by atoms with van der Waals surface area (Å²) in [5, 5.41) is 65.1. The fourth-order valence-electron chi connectivity index (χ4n) is 2.62. The molecule has 0 radical (unpaired) electrons. The highest BCUT2D eigenvalue weighted by Crippen LogP contribution is 2.27. The first-order valence-electron chi connectivity index (χ1n) is 8.28. The van der Waals surface area contributed by atoms with Crippen LogP contribution in [0.25, 0.3) is 0 Å². The van der Waals surface area contributed by atoms with E-state index in [2.05, 4.69) is 9.73 Å². The zero-order chi connectivity index (χ0) is 22.4. The maximum Gasteiger partial charge on any atom is 0.324 e. The number of hydrogen-bond donors (Lipinski definition) is 8. The van der Waals surface area contributed by atoms with Gasteiger partial charge in [0.05, 0.1) is 0 Å². The molecule has 0 aromatic heterocycles. The molecule has 4 atom stereocenters. The SMILES string of the molecule is BC(O)(O)C(C(=O)OC(O)C1CCC(N(C)/C=C\C(=N/C=O)NO)O1)C(O)(O)O. The number of ether oxygens (including phenoxy) is 2. The van der Waals surface area contributed by atoms with Crippen molar-refractivity contribution in [2.45, 2.75) is 43.1 Å². The number of esters is 1. The first kappa shape index (κ1) is 24.9. The molecule has 1 rings (SSSR count). The van der Waals surface area contributed by atoms with Crippen LogP contribution < -0.4 is 5.48 Å². The highest BCUT2D eigenvalue weighted by atomic mass is 16.7. The Morgan fingerprint density at radius 3 is 2.45 bits per heavy atom. The molecular formula is C14H24BN3O11. The van der Waals surface area contributed by atoms with Gasteiger partial charge < -0.3 is 45.0 Å². The first-order valence-corrected chi connectivity index (χ1v) is 8.28. The van der Waals surface area contributed by atoms with Crippen LogP contribution in [0.3, 0.4) is 0 Å². The van der Waals surface area contributed by atoms with Gasteiger partial charge in [-0.05, 0) is 18.9 Å². The van der Waals surface area contributed by atoms with Gasteiger partial charge in [-0.3, -0.25) is 20.3 Å². The molecular weight excluding hydrogens is 397 g/mol. The molecule has 1 saturated heterocycles. The minimum Gasteiger partial charge on any atom is -0.432 e. The molecule has 4 unspecified atom stereocenters. The second-order valence-corrected chi connectivity index (χ2v) is 6.46. The lowest BCUT2D eigenvalue weighted by Gasteiger charge is -2.33. The second kappa shape index (κ2) is 10.1. The number of aliphatic hydroxyl groups excluding tert-OH is 1. The number of nitrogens with one attached hydrogen (secondary N) is 1. The molecule has 1 heterocycles. The van der Waals surface area contributed by atoms with Crippen LogP contribution >= 0.6 is 0 Å². The molecule has 14 nitrogen and oxygen atoms in total. The smallest absolute Gasteiger partial charge is 0.324 e. The number of amidine groups is 1. The molecule has 1 aliphatic heterocycles. The zero-order valence-corrected chi connectivity index (χ0v) is 15.6. The Hall–Kier alpha value is -2.11. The van der Waals surface area contributed by atoms with Crippen LogP contribution in [0.15, 0.2) is 17.3 Å². The standard InChI is InChI=1S/C14H24BN3O11/c1-18(5-4-8(17-27)16-6-19)9-3-2-7(28-9)11(20)29-12(21)10(13(15,22)23)14(24,25)26/h4-7,9-11,20,22-27H,2-3,15H2,1H3,(H,16,17,19)/b5-4-. The number of carbonyl (C=O) groups excluding carboxylic acids is 2. The van der Waals surface area contributed by atoms with Crippen LogP contribution in [0, 0.1) is 5.92 Å². The van der Waals surface area contributed by atoms with Crippen molar-refractivity contribution in [3.63, 3.8) is 0 Å². The van der Waals surface area contributed by atoms with Crippen LogP contribution in [0.2, 0.25) is 0 Å². The number of aliphatic imine (C=N–C) groups is 1. The average Bonchev–Trinajstić information content (AvgIpc) is 3.05. The third-order valence-electron chi connectivity index (χ3n) is 3.98. The van der Waals surface area contributed by atoms with E-state index in [0.29, 0.717) is 14.3 Å². The van der Waals surface area contributed by atoms with Gasteiger partial charge in [0.1, 0.15) is 18.0 Å². The summed E-state index contributed by atoms with van der Waals surface area (Å²) in [5.41, 5.74) is -1.37. The Morgan fingerprint density at radius 2 is 1.97 bits per heavy atom. The van der Waals surface area contributed by atoms with Crippen molar-refractivity contribution in [3.05, 3.63) is 12.3 Å². The van der Waals surface area contributed by atoms with E-state index in [4.69, 9.17) is 25.3 Å². The van der Waals surface area contributed by atoms with Crippen molar-refractivity contribution in [3.8, 4) is 0 Å². The van der Waals surface area contributed by atoms with Crippen LogP contribution in [0.5, 0.6) is 0 Å². The minimum absolute atomic E-state index is 0.141. The summed E-state index contributed by atoms with van der Waals surface area (Å²) in [6, 6.07) is 0. The average molecular weight is 421 g/mol. The molecule has 15 heteroatoms. The Morgan fingerprint density at radius 1 is 1.34 bits per heavy atom. The maximum atomic E-state index is 12.0. The summed E-state index contributed by atoms with van der Waals surface area (Å²) in [4.78, 5) is 27.1. The van der Waals surface area contributed by atoms with Gasteiger partial charge in [0.15, 0.2) is 19.6 Å². The number of hydroxylamine groups is 1. The van der Waals surface area contributed by atoms with E-state index in [1.54, 1.807) is 12.5 Å². The normalized spacial score (nSPS) is 23.0. The third-order valence-corrected chi connectivity index (χ3v) is 3.98. The first-order chi connectivity index (χ1) is 13.3. The summed E-state index contributed by atoms with van der Waals surface area (Å²) in [5.74, 6) is -8.27. The van der Waals surface area contributed by atoms with Gasteiger partial charge in [0, 0.05) is 13.2 Å². The Bertz CT molecular complexity index is 617. The minimum atomic E-state index is -3.82. The topological polar surface area (TPSA) is 222 Å². The predicted molar refractivity (Wildman–Crippen MR) is 93.9 cm³/mol. The number of nitrogens with zero attached hydrogens (tertiary/aromatic N) is 2. The molecule has 29 heavy (non-hydrogen) atoms. The number of rotatable bonds is 9. The quantitative estimate of drug-likeness (QED) is 0.0332. The highest BCUT2D eigenvalue weighted by molar-refractivity contribution is 6.14. The fraction of sp³-hybridized carbons (Fsp3) is 0.643. The fourth-order valence-corrected chi connectivity index (χ4v) is 2.62. The van der Waals surface area contributed by atoms with Crippen molar-refractivity contribution in [2.75, 3.05) is 7.05 Å². The lowest BCUT2D eigenvalue weighted by Crippen LogP contribution is -2.57. The predicted octanol–water partition coefficient (Wildman–Crippen LogP) is -5.15. The molecule has 1 amide bonds. The van der Waals surface area contributed by atoms with Crippen LogP contribution in [0.4, 0.5) is 0 Å². The number of aliphatic hydroxyl groups is 6. The van der Waals surface area contributed by atoms with Gasteiger partial charge in [-0.25, -0.2) is 0 Å². The molecule has 0 spiro atoms. The van der Waals surface area contributed by atoms with Crippen LogP contribution in [0.1, 0.15) is 12.8 Å². The summed E-state index contributed by atoms with van der Waals surface area (Å²) >= 11 is 0. The van der Waals surface area contributed by atoms with Gasteiger partial charge >= 0.3 is 5.97 Å². The van der Waals surface area contributed by atoms with Gasteiger partial charge in [0.25, 0.3) is 5.97 Å². The lowest BCUT2D eigenvalue weighted by molar-refractivity contribution is -0.370. The van der Waals surface area contributed by atoms with E-state index in [9.17, 15) is 24.9 Å². The Labute approximate surface area is 165 Å². The number of hydrogen-bond acceptors (Lipinski definition) is 12. The molecule has 1 aliphatic rings. The monoisotopic (exact) mass is 421 g/mol. The van der Waals surface area contributed by atoms with Crippen LogP contribution in [-0.4, -0.2) is 104 Å². The third kappa shape index (κ3) is 7.34. The van der Waals surface area contributed by atoms with E-state index >= 15 is 0 Å². The summed E-state index contributed by atoms with van der Waals surface area (Å²) in [6.45, 7) is 0. The molecule has 164 valence electrons. The Kier molecular flexibility index (Phi) is 8.67. The van der Waals surface area contributed by atoms with Gasteiger partial charge in [0.2, 0.25) is 12.7 Å². The largest absolute Gasteiger partial charge is 0.432 e. The van der Waals surface area contributed by atoms with Crippen molar-refractivity contribution < 1.29 is 54.9 Å². The molecule has 0 aromatic carbocycles. The summed E-state index contributed by atoms with van der Waals surface area (Å²) in [7, 11) is 2.18.